The molecule has 0 fully saturated rings. The summed E-state index contributed by atoms with van der Waals surface area (Å²) in [5.74, 6) is -5.49. The molecule has 7 heteroatoms. The first-order chi connectivity index (χ1) is 9.81. The number of anilines is 1. The normalized spacial score (nSPS) is 21.6. The highest BCUT2D eigenvalue weighted by Gasteiger charge is 2.41. The summed E-state index contributed by atoms with van der Waals surface area (Å²) < 4.78 is 49.9. The van der Waals surface area contributed by atoms with Crippen LogP contribution in [0.2, 0.25) is 0 Å². The average Bonchev–Trinajstić information content (AvgIpc) is 2.43. The first kappa shape index (κ1) is 15.6. The molecule has 2 unspecified atom stereocenters. The molecular formula is C14H16F4N2O. The maximum absolute atomic E-state index is 12.9. The fraction of sp³-hybridized carbons (Fsp3) is 0.500. The SMILES string of the molecule is CC1CC(C(=O)NCC(F)(F)C(F)F)c2ccccc2N1. The number of carbonyl (C=O) groups excluding carboxylic acids is 1. The van der Waals surface area contributed by atoms with Gasteiger partial charge in [0.15, 0.2) is 0 Å². The number of carbonyl (C=O) groups is 1. The number of fused-ring (bicyclic) bond motifs is 1. The van der Waals surface area contributed by atoms with Crippen LogP contribution in [0.4, 0.5) is 23.2 Å². The molecule has 0 aliphatic carbocycles. The minimum Gasteiger partial charge on any atom is -0.382 e. The van der Waals surface area contributed by atoms with E-state index in [1.807, 2.05) is 12.2 Å². The van der Waals surface area contributed by atoms with Crippen molar-refractivity contribution in [2.75, 3.05) is 11.9 Å². The summed E-state index contributed by atoms with van der Waals surface area (Å²) in [5.41, 5.74) is 1.45. The Morgan fingerprint density at radius 2 is 2.10 bits per heavy atom. The van der Waals surface area contributed by atoms with Gasteiger partial charge in [0.1, 0.15) is 0 Å². The Hall–Kier alpha value is -1.79. The smallest absolute Gasteiger partial charge is 0.324 e. The summed E-state index contributed by atoms with van der Waals surface area (Å²) in [5, 5.41) is 5.13. The van der Waals surface area contributed by atoms with E-state index >= 15 is 0 Å². The van der Waals surface area contributed by atoms with Gasteiger partial charge in [-0.2, -0.15) is 8.78 Å². The lowest BCUT2D eigenvalue weighted by Crippen LogP contribution is -2.44. The van der Waals surface area contributed by atoms with Crippen molar-refractivity contribution in [2.24, 2.45) is 0 Å². The lowest BCUT2D eigenvalue weighted by molar-refractivity contribution is -0.137. The number of benzene rings is 1. The Morgan fingerprint density at radius 1 is 1.43 bits per heavy atom. The van der Waals surface area contributed by atoms with Crippen molar-refractivity contribution in [3.8, 4) is 0 Å². The van der Waals surface area contributed by atoms with Gasteiger partial charge in [-0.15, -0.1) is 0 Å². The maximum atomic E-state index is 12.9. The van der Waals surface area contributed by atoms with E-state index in [9.17, 15) is 22.4 Å². The highest BCUT2D eigenvalue weighted by molar-refractivity contribution is 5.86. The molecule has 0 radical (unpaired) electrons. The van der Waals surface area contributed by atoms with Crippen molar-refractivity contribution in [3.05, 3.63) is 29.8 Å². The van der Waals surface area contributed by atoms with Crippen LogP contribution in [0.5, 0.6) is 0 Å². The molecule has 0 spiro atoms. The fourth-order valence-electron chi connectivity index (χ4n) is 2.39. The number of hydrogen-bond donors (Lipinski definition) is 2. The number of rotatable bonds is 4. The van der Waals surface area contributed by atoms with Crippen molar-refractivity contribution in [1.29, 1.82) is 0 Å². The summed E-state index contributed by atoms with van der Waals surface area (Å²) in [7, 11) is 0. The number of para-hydroxylation sites is 1. The van der Waals surface area contributed by atoms with Crippen LogP contribution in [0, 0.1) is 0 Å². The third kappa shape index (κ3) is 3.46. The summed E-state index contributed by atoms with van der Waals surface area (Å²) in [4.78, 5) is 12.1. The molecular weight excluding hydrogens is 288 g/mol. The lowest BCUT2D eigenvalue weighted by Gasteiger charge is -2.31. The van der Waals surface area contributed by atoms with Crippen molar-refractivity contribution < 1.29 is 22.4 Å². The molecule has 1 aromatic carbocycles. The van der Waals surface area contributed by atoms with Gasteiger partial charge in [-0.1, -0.05) is 18.2 Å². The second-order valence-electron chi connectivity index (χ2n) is 5.20. The molecule has 1 amide bonds. The Bertz CT molecular complexity index is 521. The Labute approximate surface area is 119 Å². The second kappa shape index (κ2) is 5.91. The molecule has 116 valence electrons. The number of nitrogens with one attached hydrogen (secondary N) is 2. The van der Waals surface area contributed by atoms with Gasteiger partial charge in [0.05, 0.1) is 12.5 Å². The predicted molar refractivity (Wildman–Crippen MR) is 70.8 cm³/mol. The van der Waals surface area contributed by atoms with Gasteiger partial charge >= 0.3 is 12.3 Å². The highest BCUT2D eigenvalue weighted by atomic mass is 19.3. The molecule has 1 heterocycles. The summed E-state index contributed by atoms with van der Waals surface area (Å²) in [6, 6.07) is 7.04. The highest BCUT2D eigenvalue weighted by Crippen LogP contribution is 2.34. The molecule has 0 bridgehead atoms. The topological polar surface area (TPSA) is 41.1 Å². The number of amides is 1. The first-order valence-electron chi connectivity index (χ1n) is 6.60. The van der Waals surface area contributed by atoms with Crippen LogP contribution >= 0.6 is 0 Å². The first-order valence-corrected chi connectivity index (χ1v) is 6.60. The number of alkyl halides is 4. The van der Waals surface area contributed by atoms with Crippen LogP contribution in [0.15, 0.2) is 24.3 Å². The molecule has 21 heavy (non-hydrogen) atoms. The lowest BCUT2D eigenvalue weighted by atomic mass is 9.87. The van der Waals surface area contributed by atoms with Crippen LogP contribution in [0.1, 0.15) is 24.8 Å². The van der Waals surface area contributed by atoms with Gasteiger partial charge in [-0.3, -0.25) is 4.79 Å². The molecule has 0 saturated heterocycles. The molecule has 1 aromatic rings. The minimum absolute atomic E-state index is 0.00809. The average molecular weight is 304 g/mol. The van der Waals surface area contributed by atoms with Crippen molar-refractivity contribution in [1.82, 2.24) is 5.32 Å². The Balaban J connectivity index is 2.10. The van der Waals surface area contributed by atoms with Crippen LogP contribution in [-0.4, -0.2) is 30.8 Å². The molecule has 1 aliphatic heterocycles. The quantitative estimate of drug-likeness (QED) is 0.840. The zero-order valence-corrected chi connectivity index (χ0v) is 11.4. The molecule has 2 N–H and O–H groups in total. The molecule has 0 aromatic heterocycles. The minimum atomic E-state index is -4.21. The second-order valence-corrected chi connectivity index (χ2v) is 5.20. The molecule has 1 aliphatic rings. The largest absolute Gasteiger partial charge is 0.382 e. The van der Waals surface area contributed by atoms with Gasteiger partial charge in [0.25, 0.3) is 0 Å². The van der Waals surface area contributed by atoms with Crippen LogP contribution in [-0.2, 0) is 4.79 Å². The van der Waals surface area contributed by atoms with E-state index in [0.29, 0.717) is 12.0 Å². The van der Waals surface area contributed by atoms with E-state index < -0.39 is 30.7 Å². The van der Waals surface area contributed by atoms with Gasteiger partial charge in [-0.05, 0) is 25.0 Å². The molecule has 2 rings (SSSR count). The van der Waals surface area contributed by atoms with Crippen LogP contribution < -0.4 is 10.6 Å². The summed E-state index contributed by atoms with van der Waals surface area (Å²) >= 11 is 0. The van der Waals surface area contributed by atoms with Gasteiger partial charge in [0, 0.05) is 11.7 Å². The van der Waals surface area contributed by atoms with Crippen molar-refractivity contribution in [2.45, 2.75) is 37.7 Å². The van der Waals surface area contributed by atoms with E-state index in [2.05, 4.69) is 5.32 Å². The number of halogens is 4. The third-order valence-electron chi connectivity index (χ3n) is 3.46. The van der Waals surface area contributed by atoms with E-state index in [-0.39, 0.29) is 6.04 Å². The van der Waals surface area contributed by atoms with Crippen molar-refractivity contribution >= 4 is 11.6 Å². The zero-order valence-electron chi connectivity index (χ0n) is 11.4. The predicted octanol–water partition coefficient (Wildman–Crippen LogP) is 2.99. The third-order valence-corrected chi connectivity index (χ3v) is 3.46. The fourth-order valence-corrected chi connectivity index (χ4v) is 2.39. The molecule has 2 atom stereocenters. The number of hydrogen-bond acceptors (Lipinski definition) is 2. The van der Waals surface area contributed by atoms with Crippen LogP contribution in [0.3, 0.4) is 0 Å². The van der Waals surface area contributed by atoms with E-state index in [4.69, 9.17) is 0 Å². The van der Waals surface area contributed by atoms with E-state index in [1.54, 1.807) is 24.3 Å². The Morgan fingerprint density at radius 3 is 2.76 bits per heavy atom. The van der Waals surface area contributed by atoms with Gasteiger partial charge in [0.2, 0.25) is 5.91 Å². The standard InChI is InChI=1S/C14H16F4N2O/c1-8-6-10(9-4-2-3-5-11(9)20-8)12(21)19-7-14(17,18)13(15)16/h2-5,8,10,13,20H,6-7H2,1H3,(H,19,21). The van der Waals surface area contributed by atoms with Crippen LogP contribution in [0.25, 0.3) is 0 Å². The zero-order chi connectivity index (χ0) is 15.6. The molecule has 0 saturated carbocycles. The van der Waals surface area contributed by atoms with E-state index in [1.165, 1.54) is 0 Å². The van der Waals surface area contributed by atoms with Crippen molar-refractivity contribution in [3.63, 3.8) is 0 Å². The van der Waals surface area contributed by atoms with Gasteiger partial charge < -0.3 is 10.6 Å². The summed E-state index contributed by atoms with van der Waals surface area (Å²) in [6.45, 7) is 0.508. The van der Waals surface area contributed by atoms with Gasteiger partial charge in [-0.25, -0.2) is 8.78 Å². The monoisotopic (exact) mass is 304 g/mol. The summed E-state index contributed by atoms with van der Waals surface area (Å²) in [6.07, 6.45) is -3.37. The molecule has 3 nitrogen and oxygen atoms in total. The Kier molecular flexibility index (Phi) is 4.39. The maximum Gasteiger partial charge on any atom is 0.324 e. The van der Waals surface area contributed by atoms with E-state index in [0.717, 1.165) is 5.69 Å².